The Bertz CT molecular complexity index is 619. The van der Waals surface area contributed by atoms with E-state index in [9.17, 15) is 13.2 Å². The highest BCUT2D eigenvalue weighted by Crippen LogP contribution is 2.27. The average molecular weight is 335 g/mol. The van der Waals surface area contributed by atoms with Crippen LogP contribution in [0.15, 0.2) is 23.1 Å². The molecular formula is C12H15ClN2O3S2. The highest BCUT2D eigenvalue weighted by molar-refractivity contribution is 8.00. The van der Waals surface area contributed by atoms with Gasteiger partial charge in [0.1, 0.15) is 0 Å². The Morgan fingerprint density at radius 1 is 1.50 bits per heavy atom. The maximum atomic E-state index is 11.8. The lowest BCUT2D eigenvalue weighted by Crippen LogP contribution is -2.36. The van der Waals surface area contributed by atoms with Gasteiger partial charge in [-0.05, 0) is 24.6 Å². The molecule has 1 amide bonds. The molecule has 1 fully saturated rings. The summed E-state index contributed by atoms with van der Waals surface area (Å²) >= 11 is 7.10. The molecule has 1 aromatic carbocycles. The van der Waals surface area contributed by atoms with Crippen LogP contribution in [0.2, 0.25) is 5.02 Å². The molecule has 3 N–H and O–H groups in total. The van der Waals surface area contributed by atoms with Gasteiger partial charge in [0.25, 0.3) is 0 Å². The lowest BCUT2D eigenvalue weighted by Gasteiger charge is -2.11. The van der Waals surface area contributed by atoms with Gasteiger partial charge in [-0.3, -0.25) is 4.79 Å². The van der Waals surface area contributed by atoms with Crippen LogP contribution in [0.1, 0.15) is 6.42 Å². The Hall–Kier alpha value is -0.920. The standard InChI is InChI=1S/C12H15ClN2O3S2/c13-8-1-2-11(10(14)5-8)19-6-12(16)15-9-3-4-20(17,18)7-9/h1-2,5,9H,3-4,6-7,14H2,(H,15,16). The number of carbonyl (C=O) groups is 1. The second-order valence-electron chi connectivity index (χ2n) is 4.64. The molecule has 1 aromatic rings. The number of nitrogens with one attached hydrogen (secondary N) is 1. The van der Waals surface area contributed by atoms with Crippen molar-refractivity contribution in [2.75, 3.05) is 23.0 Å². The molecule has 2 rings (SSSR count). The minimum atomic E-state index is -2.98. The van der Waals surface area contributed by atoms with Crippen molar-refractivity contribution < 1.29 is 13.2 Å². The molecule has 1 heterocycles. The van der Waals surface area contributed by atoms with Crippen molar-refractivity contribution in [3.8, 4) is 0 Å². The summed E-state index contributed by atoms with van der Waals surface area (Å²) in [5.74, 6) is 0.191. The summed E-state index contributed by atoms with van der Waals surface area (Å²) in [6, 6.07) is 4.83. The van der Waals surface area contributed by atoms with Crippen molar-refractivity contribution in [3.63, 3.8) is 0 Å². The van der Waals surface area contributed by atoms with E-state index in [1.54, 1.807) is 18.2 Å². The van der Waals surface area contributed by atoms with Crippen LogP contribution in [0.25, 0.3) is 0 Å². The van der Waals surface area contributed by atoms with Gasteiger partial charge in [0, 0.05) is 21.6 Å². The molecule has 110 valence electrons. The fourth-order valence-electron chi connectivity index (χ4n) is 1.97. The number of carbonyl (C=O) groups excluding carboxylic acids is 1. The van der Waals surface area contributed by atoms with Crippen molar-refractivity contribution in [2.24, 2.45) is 0 Å². The Kier molecular flexibility index (Phi) is 4.82. The van der Waals surface area contributed by atoms with E-state index in [0.29, 0.717) is 17.1 Å². The largest absolute Gasteiger partial charge is 0.398 e. The van der Waals surface area contributed by atoms with Crippen molar-refractivity contribution in [1.82, 2.24) is 5.32 Å². The van der Waals surface area contributed by atoms with E-state index < -0.39 is 9.84 Å². The van der Waals surface area contributed by atoms with Crippen LogP contribution in [0.5, 0.6) is 0 Å². The fourth-order valence-corrected chi connectivity index (χ4v) is 4.59. The molecule has 1 saturated heterocycles. The molecule has 1 aliphatic heterocycles. The summed E-state index contributed by atoms with van der Waals surface area (Å²) in [4.78, 5) is 12.5. The topological polar surface area (TPSA) is 89.3 Å². The van der Waals surface area contributed by atoms with E-state index in [0.717, 1.165) is 4.90 Å². The smallest absolute Gasteiger partial charge is 0.230 e. The number of amides is 1. The lowest BCUT2D eigenvalue weighted by atomic mass is 10.3. The Morgan fingerprint density at radius 3 is 2.85 bits per heavy atom. The van der Waals surface area contributed by atoms with Crippen LogP contribution in [-0.2, 0) is 14.6 Å². The van der Waals surface area contributed by atoms with Crippen LogP contribution >= 0.6 is 23.4 Å². The molecule has 1 aliphatic rings. The number of nitrogen functional groups attached to an aromatic ring is 1. The molecule has 1 atom stereocenters. The van der Waals surface area contributed by atoms with Crippen LogP contribution in [-0.4, -0.2) is 37.6 Å². The SMILES string of the molecule is Nc1cc(Cl)ccc1SCC(=O)NC1CCS(=O)(=O)C1. The molecule has 8 heteroatoms. The molecule has 0 aromatic heterocycles. The highest BCUT2D eigenvalue weighted by Gasteiger charge is 2.28. The fraction of sp³-hybridized carbons (Fsp3) is 0.417. The first-order valence-corrected chi connectivity index (χ1v) is 9.22. The van der Waals surface area contributed by atoms with Crippen LogP contribution in [0, 0.1) is 0 Å². The van der Waals surface area contributed by atoms with Crippen LogP contribution in [0.4, 0.5) is 5.69 Å². The minimum absolute atomic E-state index is 0.0342. The van der Waals surface area contributed by atoms with E-state index >= 15 is 0 Å². The quantitative estimate of drug-likeness (QED) is 0.640. The van der Waals surface area contributed by atoms with Gasteiger partial charge in [-0.2, -0.15) is 0 Å². The van der Waals surface area contributed by atoms with E-state index in [1.807, 2.05) is 0 Å². The molecule has 5 nitrogen and oxygen atoms in total. The van der Waals surface area contributed by atoms with Crippen molar-refractivity contribution in [3.05, 3.63) is 23.2 Å². The number of hydrogen-bond donors (Lipinski definition) is 2. The first kappa shape index (κ1) is 15.5. The predicted molar refractivity (Wildman–Crippen MR) is 81.8 cm³/mol. The van der Waals surface area contributed by atoms with E-state index in [2.05, 4.69) is 5.32 Å². The Morgan fingerprint density at radius 2 is 2.25 bits per heavy atom. The normalized spacial score (nSPS) is 20.8. The number of sulfone groups is 1. The zero-order valence-electron chi connectivity index (χ0n) is 10.6. The number of halogens is 1. The monoisotopic (exact) mass is 334 g/mol. The van der Waals surface area contributed by atoms with Gasteiger partial charge in [-0.15, -0.1) is 11.8 Å². The number of benzene rings is 1. The van der Waals surface area contributed by atoms with Gasteiger partial charge < -0.3 is 11.1 Å². The molecular weight excluding hydrogens is 320 g/mol. The Labute approximate surface area is 127 Å². The predicted octanol–water partition coefficient (Wildman–Crippen LogP) is 1.32. The molecule has 0 aliphatic carbocycles. The van der Waals surface area contributed by atoms with Crippen molar-refractivity contribution in [2.45, 2.75) is 17.4 Å². The van der Waals surface area contributed by atoms with Gasteiger partial charge >= 0.3 is 0 Å². The summed E-state index contributed by atoms with van der Waals surface area (Å²) in [5, 5.41) is 3.28. The number of thioether (sulfide) groups is 1. The third kappa shape index (κ3) is 4.29. The third-order valence-electron chi connectivity index (χ3n) is 2.93. The first-order valence-electron chi connectivity index (χ1n) is 6.03. The highest BCUT2D eigenvalue weighted by atomic mass is 35.5. The van der Waals surface area contributed by atoms with Crippen LogP contribution in [0.3, 0.4) is 0 Å². The lowest BCUT2D eigenvalue weighted by molar-refractivity contribution is -0.119. The van der Waals surface area contributed by atoms with Gasteiger partial charge in [0.2, 0.25) is 5.91 Å². The summed E-state index contributed by atoms with van der Waals surface area (Å²) in [7, 11) is -2.98. The zero-order chi connectivity index (χ0) is 14.8. The van der Waals surface area contributed by atoms with E-state index in [-0.39, 0.29) is 29.2 Å². The maximum absolute atomic E-state index is 11.8. The summed E-state index contributed by atoms with van der Waals surface area (Å²) in [6.07, 6.45) is 0.488. The number of anilines is 1. The molecule has 0 bridgehead atoms. The third-order valence-corrected chi connectivity index (χ3v) is 6.02. The van der Waals surface area contributed by atoms with Crippen molar-refractivity contribution in [1.29, 1.82) is 0 Å². The number of nitrogens with two attached hydrogens (primary N) is 1. The van der Waals surface area contributed by atoms with Gasteiger partial charge in [-0.25, -0.2) is 8.42 Å². The van der Waals surface area contributed by atoms with Crippen molar-refractivity contribution >= 4 is 44.8 Å². The van der Waals surface area contributed by atoms with Gasteiger partial charge in [0.05, 0.1) is 17.3 Å². The van der Waals surface area contributed by atoms with Gasteiger partial charge in [-0.1, -0.05) is 11.6 Å². The zero-order valence-corrected chi connectivity index (χ0v) is 13.0. The summed E-state index contributed by atoms with van der Waals surface area (Å²) in [6.45, 7) is 0. The van der Waals surface area contributed by atoms with E-state index in [1.165, 1.54) is 11.8 Å². The summed E-state index contributed by atoms with van der Waals surface area (Å²) < 4.78 is 22.6. The Balaban J connectivity index is 1.84. The molecule has 1 unspecified atom stereocenters. The molecule has 0 saturated carbocycles. The maximum Gasteiger partial charge on any atom is 0.230 e. The molecule has 0 radical (unpaired) electrons. The second kappa shape index (κ2) is 6.24. The molecule has 0 spiro atoms. The number of rotatable bonds is 4. The van der Waals surface area contributed by atoms with Gasteiger partial charge in [0.15, 0.2) is 9.84 Å². The average Bonchev–Trinajstić information content (AvgIpc) is 2.67. The van der Waals surface area contributed by atoms with E-state index in [4.69, 9.17) is 17.3 Å². The molecule has 20 heavy (non-hydrogen) atoms. The van der Waals surface area contributed by atoms with Crippen LogP contribution < -0.4 is 11.1 Å². The second-order valence-corrected chi connectivity index (χ2v) is 8.32. The summed E-state index contributed by atoms with van der Waals surface area (Å²) in [5.41, 5.74) is 6.32. The first-order chi connectivity index (χ1) is 9.35. The minimum Gasteiger partial charge on any atom is -0.398 e. The number of hydrogen-bond acceptors (Lipinski definition) is 5.